The normalized spacial score (nSPS) is 15.6. The van der Waals surface area contributed by atoms with E-state index in [1.54, 1.807) is 12.1 Å². The van der Waals surface area contributed by atoms with Crippen LogP contribution in [0.2, 0.25) is 10.0 Å². The molecular weight excluding hydrogens is 283 g/mol. The van der Waals surface area contributed by atoms with Crippen LogP contribution in [-0.4, -0.2) is 13.2 Å². The van der Waals surface area contributed by atoms with Gasteiger partial charge in [0.2, 0.25) is 0 Å². The van der Waals surface area contributed by atoms with E-state index in [1.807, 2.05) is 0 Å². The average Bonchev–Trinajstić information content (AvgIpc) is 2.21. The molecule has 0 bridgehead atoms. The molecule has 1 fully saturated rings. The fraction of sp³-hybridized carbons (Fsp3) is 0.500. The Morgan fingerprint density at radius 3 is 2.33 bits per heavy atom. The van der Waals surface area contributed by atoms with Gasteiger partial charge in [0.1, 0.15) is 0 Å². The monoisotopic (exact) mass is 295 g/mol. The molecule has 0 aliphatic heterocycles. The molecule has 100 valence electrons. The highest BCUT2D eigenvalue weighted by atomic mass is 35.5. The minimum atomic E-state index is -2.94. The fourth-order valence-electron chi connectivity index (χ4n) is 1.82. The third-order valence-electron chi connectivity index (χ3n) is 3.02. The molecule has 0 amide bonds. The number of hydrogen-bond donors (Lipinski definition) is 1. The van der Waals surface area contributed by atoms with Gasteiger partial charge in [0.05, 0.1) is 10.0 Å². The zero-order valence-electron chi connectivity index (χ0n) is 9.56. The van der Waals surface area contributed by atoms with Crippen molar-refractivity contribution in [1.29, 1.82) is 0 Å². The van der Waals surface area contributed by atoms with Crippen molar-refractivity contribution >= 4 is 28.9 Å². The van der Waals surface area contributed by atoms with Gasteiger partial charge in [-0.1, -0.05) is 29.6 Å². The molecule has 6 heteroatoms. The average molecular weight is 296 g/mol. The van der Waals surface area contributed by atoms with E-state index < -0.39 is 6.61 Å². The molecular formula is C12H13Cl2F2NO. The molecule has 1 aromatic carbocycles. The lowest BCUT2D eigenvalue weighted by molar-refractivity contribution is -0.0497. The van der Waals surface area contributed by atoms with Crippen LogP contribution in [0.4, 0.5) is 14.5 Å². The van der Waals surface area contributed by atoms with Gasteiger partial charge in [-0.2, -0.15) is 8.78 Å². The van der Waals surface area contributed by atoms with Gasteiger partial charge in [-0.05, 0) is 30.9 Å². The molecule has 1 saturated carbocycles. The van der Waals surface area contributed by atoms with Crippen molar-refractivity contribution in [2.45, 2.75) is 25.9 Å². The first-order chi connectivity index (χ1) is 8.56. The smallest absolute Gasteiger partial charge is 0.387 e. The molecule has 1 N–H and O–H groups in total. The van der Waals surface area contributed by atoms with Crippen molar-refractivity contribution in [1.82, 2.24) is 0 Å². The van der Waals surface area contributed by atoms with E-state index in [2.05, 4.69) is 10.1 Å². The first-order valence-corrected chi connectivity index (χ1v) is 6.49. The second kappa shape index (κ2) is 5.93. The Morgan fingerprint density at radius 1 is 1.28 bits per heavy atom. The molecule has 2 nitrogen and oxygen atoms in total. The predicted octanol–water partition coefficient (Wildman–Crippen LogP) is 4.81. The molecule has 2 rings (SSSR count). The fourth-order valence-corrected chi connectivity index (χ4v) is 2.40. The molecule has 1 aliphatic rings. The van der Waals surface area contributed by atoms with Gasteiger partial charge in [-0.15, -0.1) is 0 Å². The van der Waals surface area contributed by atoms with Gasteiger partial charge in [0.25, 0.3) is 0 Å². The molecule has 0 unspecified atom stereocenters. The summed E-state index contributed by atoms with van der Waals surface area (Å²) in [6, 6.07) is 3.09. The van der Waals surface area contributed by atoms with Crippen LogP contribution in [0.15, 0.2) is 12.1 Å². The maximum Gasteiger partial charge on any atom is 0.387 e. The number of benzene rings is 1. The van der Waals surface area contributed by atoms with E-state index in [4.69, 9.17) is 23.2 Å². The molecule has 1 aliphatic carbocycles. The van der Waals surface area contributed by atoms with Crippen LogP contribution < -0.4 is 10.1 Å². The maximum atomic E-state index is 12.1. The van der Waals surface area contributed by atoms with Crippen LogP contribution >= 0.6 is 23.2 Å². The molecule has 0 saturated heterocycles. The maximum absolute atomic E-state index is 12.1. The lowest BCUT2D eigenvalue weighted by atomic mass is 9.85. The van der Waals surface area contributed by atoms with Crippen LogP contribution in [0.25, 0.3) is 0 Å². The summed E-state index contributed by atoms with van der Waals surface area (Å²) in [5, 5.41) is 3.36. The third kappa shape index (κ3) is 3.39. The lowest BCUT2D eigenvalue weighted by Gasteiger charge is -2.26. The summed E-state index contributed by atoms with van der Waals surface area (Å²) in [7, 11) is 0. The standard InChI is InChI=1S/C12H13Cl2F2NO/c13-9-4-8(17-6-7-2-1-3-7)5-10(14)11(9)18-12(15)16/h4-5,7,12,17H,1-3,6H2. The van der Waals surface area contributed by atoms with Crippen molar-refractivity contribution in [2.75, 3.05) is 11.9 Å². The second-order valence-electron chi connectivity index (χ2n) is 4.33. The van der Waals surface area contributed by atoms with Crippen LogP contribution in [0, 0.1) is 5.92 Å². The van der Waals surface area contributed by atoms with E-state index in [0.717, 1.165) is 12.2 Å². The molecule has 1 aromatic rings. The SMILES string of the molecule is FC(F)Oc1c(Cl)cc(NCC2CCC2)cc1Cl. The number of hydrogen-bond acceptors (Lipinski definition) is 2. The Kier molecular flexibility index (Phi) is 4.51. The lowest BCUT2D eigenvalue weighted by Crippen LogP contribution is -2.20. The predicted molar refractivity (Wildman–Crippen MR) is 68.9 cm³/mol. The number of alkyl halides is 2. The highest BCUT2D eigenvalue weighted by Gasteiger charge is 2.18. The van der Waals surface area contributed by atoms with Crippen LogP contribution in [0.3, 0.4) is 0 Å². The van der Waals surface area contributed by atoms with Crippen LogP contribution in [-0.2, 0) is 0 Å². The number of halogens is 4. The Hall–Kier alpha value is -0.740. The van der Waals surface area contributed by atoms with Crippen molar-refractivity contribution in [3.63, 3.8) is 0 Å². The molecule has 0 radical (unpaired) electrons. The Morgan fingerprint density at radius 2 is 1.89 bits per heavy atom. The van der Waals surface area contributed by atoms with Crippen molar-refractivity contribution < 1.29 is 13.5 Å². The molecule has 0 aromatic heterocycles. The van der Waals surface area contributed by atoms with E-state index in [1.165, 1.54) is 19.3 Å². The summed E-state index contributed by atoms with van der Waals surface area (Å²) >= 11 is 11.7. The molecule has 0 atom stereocenters. The van der Waals surface area contributed by atoms with Crippen molar-refractivity contribution in [3.8, 4) is 5.75 Å². The quantitative estimate of drug-likeness (QED) is 0.842. The van der Waals surface area contributed by atoms with E-state index >= 15 is 0 Å². The highest BCUT2D eigenvalue weighted by Crippen LogP contribution is 2.37. The zero-order chi connectivity index (χ0) is 13.1. The van der Waals surface area contributed by atoms with Gasteiger partial charge in [-0.3, -0.25) is 0 Å². The number of rotatable bonds is 5. The number of ether oxygens (including phenoxy) is 1. The molecule has 0 heterocycles. The zero-order valence-corrected chi connectivity index (χ0v) is 11.1. The number of anilines is 1. The topological polar surface area (TPSA) is 21.3 Å². The number of nitrogens with one attached hydrogen (secondary N) is 1. The van der Waals surface area contributed by atoms with Gasteiger partial charge in [-0.25, -0.2) is 0 Å². The third-order valence-corrected chi connectivity index (χ3v) is 3.59. The van der Waals surface area contributed by atoms with E-state index in [9.17, 15) is 8.78 Å². The summed E-state index contributed by atoms with van der Waals surface area (Å²) in [4.78, 5) is 0. The molecule has 0 spiro atoms. The largest absolute Gasteiger partial charge is 0.432 e. The van der Waals surface area contributed by atoms with Crippen LogP contribution in [0.1, 0.15) is 19.3 Å². The first-order valence-electron chi connectivity index (χ1n) is 5.74. The van der Waals surface area contributed by atoms with Gasteiger partial charge in [0.15, 0.2) is 5.75 Å². The van der Waals surface area contributed by atoms with Gasteiger partial charge < -0.3 is 10.1 Å². The van der Waals surface area contributed by atoms with Crippen molar-refractivity contribution in [3.05, 3.63) is 22.2 Å². The first kappa shape index (κ1) is 13.7. The Bertz CT molecular complexity index is 402. The van der Waals surface area contributed by atoms with Crippen molar-refractivity contribution in [2.24, 2.45) is 5.92 Å². The Balaban J connectivity index is 2.03. The highest BCUT2D eigenvalue weighted by molar-refractivity contribution is 6.37. The summed E-state index contributed by atoms with van der Waals surface area (Å²) in [5.41, 5.74) is 0.721. The van der Waals surface area contributed by atoms with Crippen LogP contribution in [0.5, 0.6) is 5.75 Å². The minimum Gasteiger partial charge on any atom is -0.432 e. The minimum absolute atomic E-state index is 0.0823. The summed E-state index contributed by atoms with van der Waals surface area (Å²) in [6.45, 7) is -2.09. The summed E-state index contributed by atoms with van der Waals surface area (Å²) in [5.74, 6) is 0.502. The van der Waals surface area contributed by atoms with E-state index in [-0.39, 0.29) is 15.8 Å². The van der Waals surface area contributed by atoms with Gasteiger partial charge >= 0.3 is 6.61 Å². The summed E-state index contributed by atoms with van der Waals surface area (Å²) in [6.07, 6.45) is 3.72. The second-order valence-corrected chi connectivity index (χ2v) is 5.14. The summed E-state index contributed by atoms with van der Waals surface area (Å²) < 4.78 is 28.5. The molecule has 18 heavy (non-hydrogen) atoms. The van der Waals surface area contributed by atoms with E-state index in [0.29, 0.717) is 5.92 Å². The Labute approximate surface area is 114 Å². The van der Waals surface area contributed by atoms with Gasteiger partial charge in [0, 0.05) is 12.2 Å².